The van der Waals surface area contributed by atoms with Gasteiger partial charge in [-0.1, -0.05) is 23.7 Å². The van der Waals surface area contributed by atoms with Crippen LogP contribution < -0.4 is 10.1 Å². The molecule has 2 N–H and O–H groups in total. The lowest BCUT2D eigenvalue weighted by atomic mass is 10.2. The molecule has 0 fully saturated rings. The number of rotatable bonds is 5. The number of phenolic OH excluding ortho intramolecular Hbond substituents is 1. The van der Waals surface area contributed by atoms with Crippen molar-refractivity contribution in [3.63, 3.8) is 0 Å². The molecule has 0 aliphatic heterocycles. The van der Waals surface area contributed by atoms with Crippen LogP contribution in [0.3, 0.4) is 0 Å². The minimum atomic E-state index is 0.101. The first kappa shape index (κ1) is 13.6. The Balaban J connectivity index is 2.01. The van der Waals surface area contributed by atoms with E-state index < -0.39 is 0 Å². The second-order valence-corrected chi connectivity index (χ2v) is 4.51. The van der Waals surface area contributed by atoms with Crippen LogP contribution in [-0.4, -0.2) is 11.7 Å². The molecule has 0 heterocycles. The van der Waals surface area contributed by atoms with E-state index in [-0.39, 0.29) is 5.75 Å². The second kappa shape index (κ2) is 6.34. The maximum Gasteiger partial charge on any atom is 0.134 e. The van der Waals surface area contributed by atoms with Gasteiger partial charge in [0, 0.05) is 18.3 Å². The topological polar surface area (TPSA) is 41.5 Å². The van der Waals surface area contributed by atoms with E-state index in [1.165, 1.54) is 0 Å². The Morgan fingerprint density at radius 1 is 1.21 bits per heavy atom. The van der Waals surface area contributed by atoms with Gasteiger partial charge in [0.15, 0.2) is 0 Å². The third kappa shape index (κ3) is 3.80. The molecule has 19 heavy (non-hydrogen) atoms. The molecule has 2 aromatic rings. The van der Waals surface area contributed by atoms with E-state index in [2.05, 4.69) is 5.32 Å². The zero-order valence-corrected chi connectivity index (χ0v) is 11.4. The van der Waals surface area contributed by atoms with Crippen molar-refractivity contribution in [2.75, 3.05) is 11.9 Å². The van der Waals surface area contributed by atoms with Crippen LogP contribution in [0.25, 0.3) is 0 Å². The Labute approximate surface area is 117 Å². The lowest BCUT2D eigenvalue weighted by molar-refractivity contribution is 0.340. The molecule has 0 saturated carbocycles. The summed E-state index contributed by atoms with van der Waals surface area (Å²) in [5, 5.41) is 13.0. The highest BCUT2D eigenvalue weighted by Crippen LogP contribution is 2.24. The summed E-state index contributed by atoms with van der Waals surface area (Å²) in [6.07, 6.45) is 0. The molecule has 0 aromatic heterocycles. The summed E-state index contributed by atoms with van der Waals surface area (Å²) in [6, 6.07) is 13.0. The molecule has 0 spiro atoms. The molecule has 0 atom stereocenters. The number of aromatic hydroxyl groups is 1. The summed E-state index contributed by atoms with van der Waals surface area (Å²) in [7, 11) is 0. The first-order valence-electron chi connectivity index (χ1n) is 6.13. The van der Waals surface area contributed by atoms with E-state index in [9.17, 15) is 5.11 Å². The summed E-state index contributed by atoms with van der Waals surface area (Å²) >= 11 is 5.86. The molecule has 3 nitrogen and oxygen atoms in total. The van der Waals surface area contributed by atoms with E-state index in [4.69, 9.17) is 16.3 Å². The van der Waals surface area contributed by atoms with Crippen LogP contribution in [0, 0.1) is 0 Å². The van der Waals surface area contributed by atoms with Gasteiger partial charge in [0.05, 0.1) is 11.6 Å². The largest absolute Gasteiger partial charge is 0.506 e. The van der Waals surface area contributed by atoms with Gasteiger partial charge in [0.25, 0.3) is 0 Å². The molecule has 2 aromatic carbocycles. The fourth-order valence-corrected chi connectivity index (χ4v) is 1.93. The van der Waals surface area contributed by atoms with Crippen LogP contribution in [0.2, 0.25) is 5.02 Å². The molecular weight excluding hydrogens is 262 g/mol. The van der Waals surface area contributed by atoms with Crippen molar-refractivity contribution in [3.8, 4) is 11.5 Å². The average molecular weight is 278 g/mol. The molecule has 0 radical (unpaired) electrons. The van der Waals surface area contributed by atoms with E-state index in [1.54, 1.807) is 12.1 Å². The van der Waals surface area contributed by atoms with Crippen LogP contribution in [0.15, 0.2) is 42.5 Å². The van der Waals surface area contributed by atoms with Gasteiger partial charge in [-0.25, -0.2) is 0 Å². The monoisotopic (exact) mass is 277 g/mol. The summed E-state index contributed by atoms with van der Waals surface area (Å²) in [5.74, 6) is 0.944. The van der Waals surface area contributed by atoms with Crippen LogP contribution in [-0.2, 0) is 6.54 Å². The van der Waals surface area contributed by atoms with Gasteiger partial charge < -0.3 is 15.2 Å². The van der Waals surface area contributed by atoms with E-state index in [1.807, 2.05) is 37.3 Å². The number of halogens is 1. The highest BCUT2D eigenvalue weighted by atomic mass is 35.5. The summed E-state index contributed by atoms with van der Waals surface area (Å²) < 4.78 is 5.44. The minimum absolute atomic E-state index is 0.101. The van der Waals surface area contributed by atoms with Crippen molar-refractivity contribution < 1.29 is 9.84 Å². The van der Waals surface area contributed by atoms with Crippen molar-refractivity contribution in [3.05, 3.63) is 53.1 Å². The van der Waals surface area contributed by atoms with Crippen molar-refractivity contribution in [1.82, 2.24) is 0 Å². The van der Waals surface area contributed by atoms with Crippen molar-refractivity contribution in [2.45, 2.75) is 13.5 Å². The first-order valence-corrected chi connectivity index (χ1v) is 6.51. The van der Waals surface area contributed by atoms with Gasteiger partial charge >= 0.3 is 0 Å². The fraction of sp³-hybridized carbons (Fsp3) is 0.200. The molecule has 0 aliphatic rings. The Bertz CT molecular complexity index is 558. The van der Waals surface area contributed by atoms with Crippen molar-refractivity contribution in [1.29, 1.82) is 0 Å². The molecule has 0 aliphatic carbocycles. The quantitative estimate of drug-likeness (QED) is 0.866. The summed E-state index contributed by atoms with van der Waals surface area (Å²) in [6.45, 7) is 3.24. The number of benzene rings is 2. The molecule has 0 amide bonds. The lowest BCUT2D eigenvalue weighted by Gasteiger charge is -2.09. The summed E-state index contributed by atoms with van der Waals surface area (Å²) in [4.78, 5) is 0. The Hall–Kier alpha value is -1.87. The standard InChI is InChI=1S/C15H16ClNO2/c1-2-19-13-5-3-4-12(9-13)17-10-11-6-7-15(18)14(16)8-11/h3-9,17-18H,2,10H2,1H3. The molecule has 2 rings (SSSR count). The van der Waals surface area contributed by atoms with Gasteiger partial charge in [0.1, 0.15) is 11.5 Å². The van der Waals surface area contributed by atoms with Crippen molar-refractivity contribution >= 4 is 17.3 Å². The third-order valence-corrected chi connectivity index (χ3v) is 2.96. The van der Waals surface area contributed by atoms with Gasteiger partial charge in [-0.2, -0.15) is 0 Å². The average Bonchev–Trinajstić information content (AvgIpc) is 2.41. The molecule has 0 saturated heterocycles. The van der Waals surface area contributed by atoms with E-state index >= 15 is 0 Å². The number of anilines is 1. The first-order chi connectivity index (χ1) is 9.19. The fourth-order valence-electron chi connectivity index (χ4n) is 1.73. The second-order valence-electron chi connectivity index (χ2n) is 4.10. The Morgan fingerprint density at radius 2 is 2.05 bits per heavy atom. The highest BCUT2D eigenvalue weighted by molar-refractivity contribution is 6.32. The number of hydrogen-bond acceptors (Lipinski definition) is 3. The van der Waals surface area contributed by atoms with Crippen LogP contribution >= 0.6 is 11.6 Å². The van der Waals surface area contributed by atoms with Gasteiger partial charge in [0.2, 0.25) is 0 Å². The maximum absolute atomic E-state index is 9.36. The number of nitrogens with one attached hydrogen (secondary N) is 1. The zero-order valence-electron chi connectivity index (χ0n) is 10.7. The Morgan fingerprint density at radius 3 is 2.79 bits per heavy atom. The molecule has 0 unspecified atom stereocenters. The van der Waals surface area contributed by atoms with E-state index in [0.717, 1.165) is 17.0 Å². The third-order valence-electron chi connectivity index (χ3n) is 2.65. The predicted molar refractivity (Wildman–Crippen MR) is 78.1 cm³/mol. The predicted octanol–water partition coefficient (Wildman–Crippen LogP) is 4.06. The normalized spacial score (nSPS) is 10.2. The minimum Gasteiger partial charge on any atom is -0.506 e. The molecule has 4 heteroatoms. The smallest absolute Gasteiger partial charge is 0.134 e. The van der Waals surface area contributed by atoms with Gasteiger partial charge in [-0.15, -0.1) is 0 Å². The highest BCUT2D eigenvalue weighted by Gasteiger charge is 2.01. The van der Waals surface area contributed by atoms with Crippen LogP contribution in [0.1, 0.15) is 12.5 Å². The molecular formula is C15H16ClNO2. The number of phenols is 1. The van der Waals surface area contributed by atoms with Crippen LogP contribution in [0.5, 0.6) is 11.5 Å². The van der Waals surface area contributed by atoms with Crippen LogP contribution in [0.4, 0.5) is 5.69 Å². The van der Waals surface area contributed by atoms with Gasteiger partial charge in [-0.05, 0) is 36.8 Å². The summed E-state index contributed by atoms with van der Waals surface area (Å²) in [5.41, 5.74) is 1.99. The Kier molecular flexibility index (Phi) is 4.53. The number of ether oxygens (including phenoxy) is 1. The lowest BCUT2D eigenvalue weighted by Crippen LogP contribution is -2.00. The van der Waals surface area contributed by atoms with Gasteiger partial charge in [-0.3, -0.25) is 0 Å². The number of hydrogen-bond donors (Lipinski definition) is 2. The SMILES string of the molecule is CCOc1cccc(NCc2ccc(O)c(Cl)c2)c1. The molecule has 0 bridgehead atoms. The zero-order chi connectivity index (χ0) is 13.7. The van der Waals surface area contributed by atoms with E-state index in [0.29, 0.717) is 18.2 Å². The molecule has 100 valence electrons. The van der Waals surface area contributed by atoms with Crippen molar-refractivity contribution in [2.24, 2.45) is 0 Å². The maximum atomic E-state index is 9.36.